The molecule has 2 fully saturated rings. The molecule has 140 valence electrons. The number of aliphatic hydroxyl groups excluding tert-OH is 1. The largest absolute Gasteiger partial charge is 0.462 e. The minimum absolute atomic E-state index is 0.0969. The maximum absolute atomic E-state index is 11.8. The van der Waals surface area contributed by atoms with Gasteiger partial charge in [-0.15, -0.1) is 0 Å². The van der Waals surface area contributed by atoms with Gasteiger partial charge in [-0.05, 0) is 67.3 Å². The second-order valence-electron chi connectivity index (χ2n) is 9.20. The molecule has 6 unspecified atom stereocenters. The van der Waals surface area contributed by atoms with Crippen LogP contribution in [0.3, 0.4) is 0 Å². The summed E-state index contributed by atoms with van der Waals surface area (Å²) in [5.74, 6) is 1.12. The predicted octanol–water partition coefficient (Wildman–Crippen LogP) is 4.66. The summed E-state index contributed by atoms with van der Waals surface area (Å²) in [5.41, 5.74) is 2.78. The lowest BCUT2D eigenvalue weighted by atomic mass is 9.43. The van der Waals surface area contributed by atoms with Crippen LogP contribution in [-0.4, -0.2) is 23.8 Å². The normalized spacial score (nSPS) is 43.9. The maximum Gasteiger partial charge on any atom is 0.302 e. The molecule has 0 aromatic rings. The molecule has 3 aliphatic rings. The van der Waals surface area contributed by atoms with Gasteiger partial charge in [0, 0.05) is 19.4 Å². The van der Waals surface area contributed by atoms with Gasteiger partial charge in [-0.1, -0.05) is 38.5 Å². The minimum atomic E-state index is -0.196. The van der Waals surface area contributed by atoms with E-state index in [2.05, 4.69) is 27.4 Å². The summed E-state index contributed by atoms with van der Waals surface area (Å²) in [6, 6.07) is 0. The second kappa shape index (κ2) is 6.57. The Kier molecular flexibility index (Phi) is 4.91. The van der Waals surface area contributed by atoms with Crippen molar-refractivity contribution in [2.75, 3.05) is 6.61 Å². The Morgan fingerprint density at radius 3 is 2.72 bits per heavy atom. The van der Waals surface area contributed by atoms with Crippen LogP contribution >= 0.6 is 0 Å². The van der Waals surface area contributed by atoms with E-state index < -0.39 is 0 Å². The highest BCUT2D eigenvalue weighted by molar-refractivity contribution is 5.66. The highest BCUT2D eigenvalue weighted by Gasteiger charge is 2.61. The lowest BCUT2D eigenvalue weighted by Gasteiger charge is -2.63. The summed E-state index contributed by atoms with van der Waals surface area (Å²) >= 11 is 0. The van der Waals surface area contributed by atoms with Crippen LogP contribution in [0.1, 0.15) is 66.2 Å². The Bertz CT molecular complexity index is 592. The Balaban J connectivity index is 2.07. The van der Waals surface area contributed by atoms with Gasteiger partial charge < -0.3 is 9.84 Å². The van der Waals surface area contributed by atoms with Gasteiger partial charge in [0.15, 0.2) is 0 Å². The first-order valence-electron chi connectivity index (χ1n) is 9.87. The van der Waals surface area contributed by atoms with Gasteiger partial charge >= 0.3 is 5.97 Å². The van der Waals surface area contributed by atoms with Crippen LogP contribution < -0.4 is 0 Å². The van der Waals surface area contributed by atoms with Crippen molar-refractivity contribution in [3.05, 3.63) is 23.8 Å². The molecule has 3 heteroatoms. The lowest BCUT2D eigenvalue weighted by molar-refractivity contribution is -0.195. The summed E-state index contributed by atoms with van der Waals surface area (Å²) < 4.78 is 5.89. The second-order valence-corrected chi connectivity index (χ2v) is 9.20. The summed E-state index contributed by atoms with van der Waals surface area (Å²) in [6.07, 6.45) is 8.44. The standard InChI is InChI=1S/C22H34O3/c1-6-16-8-9-18-17(14(16)2)12-19(25-15(3)24)20-21(4,13-23)10-7-11-22(18,20)5/h6,17-20,23H,1,7-13H2,2-5H3. The van der Waals surface area contributed by atoms with Gasteiger partial charge in [-0.3, -0.25) is 4.79 Å². The summed E-state index contributed by atoms with van der Waals surface area (Å²) in [7, 11) is 0. The fraction of sp³-hybridized carbons (Fsp3) is 0.773. The SMILES string of the molecule is C=CC1=C(C)C2CC(OC(C)=O)C3C(C)(CO)CCCC3(C)C2CC1. The molecule has 0 heterocycles. The maximum atomic E-state index is 11.8. The molecule has 1 N–H and O–H groups in total. The van der Waals surface area contributed by atoms with Crippen molar-refractivity contribution in [1.29, 1.82) is 0 Å². The molecular formula is C22H34O3. The Labute approximate surface area is 152 Å². The van der Waals surface area contributed by atoms with E-state index in [1.807, 2.05) is 6.08 Å². The number of ether oxygens (including phenoxy) is 1. The number of aliphatic hydroxyl groups is 1. The molecule has 3 rings (SSSR count). The van der Waals surface area contributed by atoms with Crippen LogP contribution in [0.2, 0.25) is 0 Å². The number of rotatable bonds is 3. The number of fused-ring (bicyclic) bond motifs is 3. The van der Waals surface area contributed by atoms with Crippen molar-refractivity contribution in [3.63, 3.8) is 0 Å². The zero-order valence-corrected chi connectivity index (χ0v) is 16.3. The molecule has 3 aliphatic carbocycles. The van der Waals surface area contributed by atoms with Gasteiger partial charge in [0.1, 0.15) is 6.10 Å². The molecular weight excluding hydrogens is 312 g/mol. The molecule has 0 aliphatic heterocycles. The molecule has 2 saturated carbocycles. The van der Waals surface area contributed by atoms with Crippen LogP contribution in [0.4, 0.5) is 0 Å². The lowest BCUT2D eigenvalue weighted by Crippen LogP contribution is -2.60. The molecule has 0 saturated heterocycles. The van der Waals surface area contributed by atoms with E-state index in [-0.39, 0.29) is 35.4 Å². The first kappa shape index (κ1) is 18.7. The third-order valence-corrected chi connectivity index (χ3v) is 7.83. The Morgan fingerprint density at radius 2 is 2.12 bits per heavy atom. The molecule has 6 atom stereocenters. The molecule has 3 nitrogen and oxygen atoms in total. The molecule has 0 aromatic carbocycles. The zero-order valence-electron chi connectivity index (χ0n) is 16.3. The number of allylic oxidation sites excluding steroid dienone is 3. The number of carbonyl (C=O) groups excluding carboxylic acids is 1. The Morgan fingerprint density at radius 1 is 1.40 bits per heavy atom. The van der Waals surface area contributed by atoms with Crippen LogP contribution in [0.5, 0.6) is 0 Å². The molecule has 0 spiro atoms. The molecule has 25 heavy (non-hydrogen) atoms. The topological polar surface area (TPSA) is 46.5 Å². The van der Waals surface area contributed by atoms with E-state index >= 15 is 0 Å². The average Bonchev–Trinajstić information content (AvgIpc) is 2.55. The van der Waals surface area contributed by atoms with Crippen LogP contribution in [-0.2, 0) is 9.53 Å². The van der Waals surface area contributed by atoms with Crippen molar-refractivity contribution in [2.24, 2.45) is 28.6 Å². The van der Waals surface area contributed by atoms with Gasteiger partial charge in [0.25, 0.3) is 0 Å². The number of hydrogen-bond acceptors (Lipinski definition) is 3. The highest BCUT2D eigenvalue weighted by atomic mass is 16.5. The number of esters is 1. The molecule has 0 amide bonds. The first-order chi connectivity index (χ1) is 11.8. The summed E-state index contributed by atoms with van der Waals surface area (Å²) in [5, 5.41) is 10.2. The van der Waals surface area contributed by atoms with E-state index in [0.29, 0.717) is 11.8 Å². The third kappa shape index (κ3) is 2.89. The van der Waals surface area contributed by atoms with Gasteiger partial charge in [-0.25, -0.2) is 0 Å². The summed E-state index contributed by atoms with van der Waals surface area (Å²) in [6.45, 7) is 12.5. The van der Waals surface area contributed by atoms with Gasteiger partial charge in [0.05, 0.1) is 0 Å². The smallest absolute Gasteiger partial charge is 0.302 e. The number of carbonyl (C=O) groups is 1. The van der Waals surface area contributed by atoms with Crippen molar-refractivity contribution in [3.8, 4) is 0 Å². The minimum Gasteiger partial charge on any atom is -0.462 e. The molecule has 0 bridgehead atoms. The van der Waals surface area contributed by atoms with Crippen molar-refractivity contribution in [1.82, 2.24) is 0 Å². The van der Waals surface area contributed by atoms with E-state index in [1.165, 1.54) is 30.9 Å². The van der Waals surface area contributed by atoms with Gasteiger partial charge in [0.2, 0.25) is 0 Å². The zero-order chi connectivity index (χ0) is 18.4. The Hall–Kier alpha value is -1.09. The monoisotopic (exact) mass is 346 g/mol. The third-order valence-electron chi connectivity index (χ3n) is 7.83. The van der Waals surface area contributed by atoms with Crippen molar-refractivity contribution >= 4 is 5.97 Å². The van der Waals surface area contributed by atoms with Crippen LogP contribution in [0.15, 0.2) is 23.8 Å². The van der Waals surface area contributed by atoms with E-state index in [9.17, 15) is 9.90 Å². The van der Waals surface area contributed by atoms with Crippen LogP contribution in [0, 0.1) is 28.6 Å². The highest BCUT2D eigenvalue weighted by Crippen LogP contribution is 2.64. The van der Waals surface area contributed by atoms with E-state index in [0.717, 1.165) is 25.7 Å². The average molecular weight is 347 g/mol. The fourth-order valence-corrected chi connectivity index (χ4v) is 6.81. The quantitative estimate of drug-likeness (QED) is 0.756. The molecule has 0 aromatic heterocycles. The van der Waals surface area contributed by atoms with Crippen molar-refractivity contribution in [2.45, 2.75) is 72.3 Å². The fourth-order valence-electron chi connectivity index (χ4n) is 6.81. The van der Waals surface area contributed by atoms with Crippen molar-refractivity contribution < 1.29 is 14.6 Å². The molecule has 0 radical (unpaired) electrons. The van der Waals surface area contributed by atoms with Gasteiger partial charge in [-0.2, -0.15) is 0 Å². The van der Waals surface area contributed by atoms with Crippen LogP contribution in [0.25, 0.3) is 0 Å². The van der Waals surface area contributed by atoms with E-state index in [1.54, 1.807) is 0 Å². The number of hydrogen-bond donors (Lipinski definition) is 1. The predicted molar refractivity (Wildman–Crippen MR) is 99.9 cm³/mol. The summed E-state index contributed by atoms with van der Waals surface area (Å²) in [4.78, 5) is 11.8. The van der Waals surface area contributed by atoms with E-state index in [4.69, 9.17) is 4.74 Å². The first-order valence-corrected chi connectivity index (χ1v) is 9.87.